The zero-order valence-electron chi connectivity index (χ0n) is 11.9. The summed E-state index contributed by atoms with van der Waals surface area (Å²) in [6, 6.07) is 0.129. The van der Waals surface area contributed by atoms with Crippen molar-refractivity contribution in [1.29, 1.82) is 0 Å². The first kappa shape index (κ1) is 14.5. The Morgan fingerprint density at radius 3 is 3.00 bits per heavy atom. The van der Waals surface area contributed by atoms with Crippen molar-refractivity contribution in [1.82, 2.24) is 20.1 Å². The van der Waals surface area contributed by atoms with Crippen LogP contribution in [0.2, 0.25) is 0 Å². The number of hydrogen-bond donors (Lipinski definition) is 2. The van der Waals surface area contributed by atoms with Gasteiger partial charge in [0.05, 0.1) is 24.9 Å². The summed E-state index contributed by atoms with van der Waals surface area (Å²) in [7, 11) is 0. The Hall–Kier alpha value is -0.950. The van der Waals surface area contributed by atoms with Crippen molar-refractivity contribution in [2.75, 3.05) is 26.2 Å². The van der Waals surface area contributed by atoms with Crippen LogP contribution in [0.25, 0.3) is 0 Å². The van der Waals surface area contributed by atoms with E-state index >= 15 is 0 Å². The van der Waals surface area contributed by atoms with Gasteiger partial charge < -0.3 is 4.74 Å². The summed E-state index contributed by atoms with van der Waals surface area (Å²) >= 11 is 0. The highest BCUT2D eigenvalue weighted by Crippen LogP contribution is 2.12. The number of morpholine rings is 1. The fourth-order valence-corrected chi connectivity index (χ4v) is 2.50. The lowest BCUT2D eigenvalue weighted by Crippen LogP contribution is -2.54. The van der Waals surface area contributed by atoms with E-state index in [4.69, 9.17) is 10.6 Å². The molecule has 19 heavy (non-hydrogen) atoms. The van der Waals surface area contributed by atoms with Gasteiger partial charge in [-0.3, -0.25) is 20.9 Å². The highest BCUT2D eigenvalue weighted by atomic mass is 16.5. The van der Waals surface area contributed by atoms with Crippen molar-refractivity contribution in [2.24, 2.45) is 5.84 Å². The second-order valence-corrected chi connectivity index (χ2v) is 4.98. The number of rotatable bonds is 6. The minimum absolute atomic E-state index is 0.129. The van der Waals surface area contributed by atoms with Crippen molar-refractivity contribution in [2.45, 2.75) is 39.0 Å². The molecule has 2 rings (SSSR count). The number of ether oxygens (including phenoxy) is 1. The number of likely N-dealkylation sites (N-methyl/N-ethyl adjacent to an activating group) is 1. The van der Waals surface area contributed by atoms with E-state index in [1.165, 1.54) is 5.56 Å². The summed E-state index contributed by atoms with van der Waals surface area (Å²) < 4.78 is 7.79. The standard InChI is InChI=1S/C13H25N5O/c1-3-17-5-6-19-13(10-17)12(16-14)7-11-8-15-18(4-2)9-11/h8-9,12-13,16H,3-7,10,14H2,1-2H3. The second-order valence-electron chi connectivity index (χ2n) is 4.98. The molecule has 0 radical (unpaired) electrons. The predicted octanol–water partition coefficient (Wildman–Crippen LogP) is -0.00190. The lowest BCUT2D eigenvalue weighted by molar-refractivity contribution is -0.0447. The molecule has 2 atom stereocenters. The Balaban J connectivity index is 1.95. The van der Waals surface area contributed by atoms with Gasteiger partial charge in [0.1, 0.15) is 0 Å². The average molecular weight is 267 g/mol. The molecule has 2 unspecified atom stereocenters. The Kier molecular flexibility index (Phi) is 5.33. The lowest BCUT2D eigenvalue weighted by Gasteiger charge is -2.36. The SMILES string of the molecule is CCN1CCOC(C(Cc2cnn(CC)c2)NN)C1. The molecule has 0 spiro atoms. The maximum atomic E-state index is 5.86. The van der Waals surface area contributed by atoms with Gasteiger partial charge >= 0.3 is 0 Å². The van der Waals surface area contributed by atoms with E-state index in [0.29, 0.717) is 0 Å². The summed E-state index contributed by atoms with van der Waals surface area (Å²) in [4.78, 5) is 2.40. The van der Waals surface area contributed by atoms with Gasteiger partial charge in [0.15, 0.2) is 0 Å². The van der Waals surface area contributed by atoms with Crippen LogP contribution in [0.1, 0.15) is 19.4 Å². The number of nitrogens with zero attached hydrogens (tertiary/aromatic N) is 3. The molecule has 3 N–H and O–H groups in total. The molecule has 0 amide bonds. The topological polar surface area (TPSA) is 68.3 Å². The number of hydrogen-bond acceptors (Lipinski definition) is 5. The van der Waals surface area contributed by atoms with Crippen LogP contribution < -0.4 is 11.3 Å². The van der Waals surface area contributed by atoms with Crippen molar-refractivity contribution in [3.8, 4) is 0 Å². The Morgan fingerprint density at radius 2 is 2.37 bits per heavy atom. The predicted molar refractivity (Wildman–Crippen MR) is 74.6 cm³/mol. The van der Waals surface area contributed by atoms with E-state index in [9.17, 15) is 0 Å². The molecule has 108 valence electrons. The molecular formula is C13H25N5O. The summed E-state index contributed by atoms with van der Waals surface area (Å²) in [5.41, 5.74) is 4.10. The van der Waals surface area contributed by atoms with Crippen molar-refractivity contribution in [3.05, 3.63) is 18.0 Å². The highest BCUT2D eigenvalue weighted by Gasteiger charge is 2.27. The smallest absolute Gasteiger partial charge is 0.0871 e. The van der Waals surface area contributed by atoms with E-state index in [1.807, 2.05) is 10.9 Å². The maximum absolute atomic E-state index is 5.86. The van der Waals surface area contributed by atoms with Gasteiger partial charge in [-0.05, 0) is 25.5 Å². The number of nitrogens with two attached hydrogens (primary N) is 1. The van der Waals surface area contributed by atoms with Crippen LogP contribution in [-0.2, 0) is 17.7 Å². The minimum Gasteiger partial charge on any atom is -0.374 e. The van der Waals surface area contributed by atoms with Gasteiger partial charge in [-0.25, -0.2) is 0 Å². The third-order valence-corrected chi connectivity index (χ3v) is 3.75. The van der Waals surface area contributed by atoms with E-state index in [-0.39, 0.29) is 12.1 Å². The minimum atomic E-state index is 0.129. The molecule has 1 aliphatic heterocycles. The molecule has 0 aliphatic carbocycles. The van der Waals surface area contributed by atoms with Crippen molar-refractivity contribution >= 4 is 0 Å². The third kappa shape index (κ3) is 3.76. The fraction of sp³-hybridized carbons (Fsp3) is 0.769. The van der Waals surface area contributed by atoms with Crippen LogP contribution in [0.15, 0.2) is 12.4 Å². The van der Waals surface area contributed by atoms with E-state index in [2.05, 4.69) is 35.5 Å². The first-order chi connectivity index (χ1) is 9.26. The molecule has 6 heteroatoms. The third-order valence-electron chi connectivity index (χ3n) is 3.75. The van der Waals surface area contributed by atoms with Gasteiger partial charge in [0.25, 0.3) is 0 Å². The van der Waals surface area contributed by atoms with Crippen LogP contribution >= 0.6 is 0 Å². The summed E-state index contributed by atoms with van der Waals surface area (Å²) in [6.07, 6.45) is 4.97. The van der Waals surface area contributed by atoms with Crippen LogP contribution in [0, 0.1) is 0 Å². The first-order valence-electron chi connectivity index (χ1n) is 7.08. The van der Waals surface area contributed by atoms with Crippen molar-refractivity contribution < 1.29 is 4.74 Å². The molecule has 0 bridgehead atoms. The van der Waals surface area contributed by atoms with Crippen molar-refractivity contribution in [3.63, 3.8) is 0 Å². The largest absolute Gasteiger partial charge is 0.374 e. The summed E-state index contributed by atoms with van der Waals surface area (Å²) in [5, 5.41) is 4.30. The molecule has 1 aromatic heterocycles. The van der Waals surface area contributed by atoms with Gasteiger partial charge in [0, 0.05) is 25.8 Å². The van der Waals surface area contributed by atoms with Crippen LogP contribution in [-0.4, -0.2) is 53.1 Å². The Morgan fingerprint density at radius 1 is 1.53 bits per heavy atom. The van der Waals surface area contributed by atoms with Gasteiger partial charge in [-0.1, -0.05) is 6.92 Å². The maximum Gasteiger partial charge on any atom is 0.0871 e. The van der Waals surface area contributed by atoms with Gasteiger partial charge in [-0.2, -0.15) is 5.10 Å². The van der Waals surface area contributed by atoms with E-state index < -0.39 is 0 Å². The fourth-order valence-electron chi connectivity index (χ4n) is 2.50. The highest BCUT2D eigenvalue weighted by molar-refractivity contribution is 5.07. The number of hydrazine groups is 1. The molecule has 6 nitrogen and oxygen atoms in total. The normalized spacial score (nSPS) is 22.6. The molecule has 1 aromatic rings. The van der Waals surface area contributed by atoms with E-state index in [0.717, 1.165) is 39.2 Å². The number of aromatic nitrogens is 2. The van der Waals surface area contributed by atoms with Crippen LogP contribution in [0.5, 0.6) is 0 Å². The number of nitrogens with one attached hydrogen (secondary N) is 1. The molecule has 2 heterocycles. The quantitative estimate of drug-likeness (QED) is 0.561. The monoisotopic (exact) mass is 267 g/mol. The zero-order valence-corrected chi connectivity index (χ0v) is 11.9. The second kappa shape index (κ2) is 7.00. The van der Waals surface area contributed by atoms with Gasteiger partial charge in [-0.15, -0.1) is 0 Å². The average Bonchev–Trinajstić information content (AvgIpc) is 2.92. The molecular weight excluding hydrogens is 242 g/mol. The molecule has 0 aromatic carbocycles. The summed E-state index contributed by atoms with van der Waals surface area (Å²) in [6.45, 7) is 8.95. The Bertz CT molecular complexity index is 381. The van der Waals surface area contributed by atoms with Crippen LogP contribution in [0.3, 0.4) is 0 Å². The number of aryl methyl sites for hydroxylation is 1. The Labute approximate surface area is 114 Å². The van der Waals surface area contributed by atoms with E-state index in [1.54, 1.807) is 0 Å². The molecule has 1 aliphatic rings. The van der Waals surface area contributed by atoms with Gasteiger partial charge in [0.2, 0.25) is 0 Å². The molecule has 0 saturated carbocycles. The summed E-state index contributed by atoms with van der Waals surface area (Å²) in [5.74, 6) is 5.70. The molecule has 1 fully saturated rings. The lowest BCUT2D eigenvalue weighted by atomic mass is 10.0. The molecule has 1 saturated heterocycles. The zero-order chi connectivity index (χ0) is 13.7. The first-order valence-corrected chi connectivity index (χ1v) is 7.08. The van der Waals surface area contributed by atoms with Crippen LogP contribution in [0.4, 0.5) is 0 Å².